The summed E-state index contributed by atoms with van der Waals surface area (Å²) in [7, 11) is 1.83. The van der Waals surface area contributed by atoms with E-state index in [-0.39, 0.29) is 62.1 Å². The highest BCUT2D eigenvalue weighted by molar-refractivity contribution is 6.04. The first-order valence-corrected chi connectivity index (χ1v) is 15.0. The summed E-state index contributed by atoms with van der Waals surface area (Å²) < 4.78 is 0. The normalized spacial score (nSPS) is 46.2. The molecular formula is C32H45N5O2. The summed E-state index contributed by atoms with van der Waals surface area (Å²) in [5.74, 6) is 1.54. The molecule has 0 amide bonds. The number of aromatic nitrogens is 4. The van der Waals surface area contributed by atoms with Gasteiger partial charge in [-0.3, -0.25) is 9.59 Å². The SMILES string of the molecule is Cn1nnc([C@]23CCC(C)(C)CC2C2C(=O)CC4[C@@]5(C)C=C(C#N)C(=O)C(C)(C)C5CC[C@@]4(C)[C@]2(C)CC3)n1. The van der Waals surface area contributed by atoms with Crippen molar-refractivity contribution in [3.05, 3.63) is 17.5 Å². The molecule has 4 unspecified atom stereocenters. The number of Topliss-reactive ketones (excluding diaryl/α,β-unsaturated/α-hetero) is 2. The van der Waals surface area contributed by atoms with E-state index in [1.807, 2.05) is 27.0 Å². The number of hydrogen-bond donors (Lipinski definition) is 0. The Morgan fingerprint density at radius 2 is 1.64 bits per heavy atom. The van der Waals surface area contributed by atoms with Crippen LogP contribution >= 0.6 is 0 Å². The van der Waals surface area contributed by atoms with Gasteiger partial charge in [0.05, 0.1) is 12.6 Å². The molecule has 6 rings (SSSR count). The number of hydrogen-bond acceptors (Lipinski definition) is 6. The van der Waals surface area contributed by atoms with Gasteiger partial charge in [-0.25, -0.2) is 0 Å². The minimum atomic E-state index is -0.608. The molecular weight excluding hydrogens is 486 g/mol. The van der Waals surface area contributed by atoms with Gasteiger partial charge in [-0.05, 0) is 89.6 Å². The minimum Gasteiger partial charge on any atom is -0.299 e. The van der Waals surface area contributed by atoms with Crippen molar-refractivity contribution < 1.29 is 9.59 Å². The molecule has 8 atom stereocenters. The highest BCUT2D eigenvalue weighted by Crippen LogP contribution is 2.75. The molecule has 0 aliphatic heterocycles. The van der Waals surface area contributed by atoms with Crippen LogP contribution in [-0.2, 0) is 22.1 Å². The molecule has 7 nitrogen and oxygen atoms in total. The van der Waals surface area contributed by atoms with Crippen LogP contribution in [0.2, 0.25) is 0 Å². The van der Waals surface area contributed by atoms with E-state index in [0.717, 1.165) is 50.8 Å². The number of allylic oxidation sites excluding steroid dienone is 2. The van der Waals surface area contributed by atoms with Crippen LogP contribution in [0.4, 0.5) is 0 Å². The van der Waals surface area contributed by atoms with E-state index in [1.54, 1.807) is 4.80 Å². The Bertz CT molecular complexity index is 1330. The second kappa shape index (κ2) is 7.89. The van der Waals surface area contributed by atoms with E-state index in [4.69, 9.17) is 5.10 Å². The molecule has 0 bridgehead atoms. The zero-order chi connectivity index (χ0) is 28.4. The van der Waals surface area contributed by atoms with Crippen LogP contribution in [0.25, 0.3) is 0 Å². The fourth-order valence-electron chi connectivity index (χ4n) is 11.2. The smallest absolute Gasteiger partial charge is 0.181 e. The molecule has 0 N–H and O–H groups in total. The molecule has 4 saturated carbocycles. The van der Waals surface area contributed by atoms with Gasteiger partial charge >= 0.3 is 0 Å². The van der Waals surface area contributed by atoms with Gasteiger partial charge in [0.25, 0.3) is 0 Å². The highest BCUT2D eigenvalue weighted by atomic mass is 16.1. The Kier molecular flexibility index (Phi) is 5.43. The third kappa shape index (κ3) is 3.24. The lowest BCUT2D eigenvalue weighted by molar-refractivity contribution is -0.214. The molecule has 4 fully saturated rings. The van der Waals surface area contributed by atoms with Crippen molar-refractivity contribution in [1.82, 2.24) is 20.2 Å². The summed E-state index contributed by atoms with van der Waals surface area (Å²) in [6.45, 7) is 15.9. The maximum absolute atomic E-state index is 14.7. The van der Waals surface area contributed by atoms with Crippen LogP contribution in [-0.4, -0.2) is 31.8 Å². The molecule has 210 valence electrons. The predicted molar refractivity (Wildman–Crippen MR) is 147 cm³/mol. The van der Waals surface area contributed by atoms with Gasteiger partial charge in [0.15, 0.2) is 11.6 Å². The number of nitrogens with zero attached hydrogens (tertiary/aromatic N) is 5. The van der Waals surface area contributed by atoms with E-state index >= 15 is 0 Å². The monoisotopic (exact) mass is 531 g/mol. The van der Waals surface area contributed by atoms with E-state index in [2.05, 4.69) is 51.0 Å². The highest BCUT2D eigenvalue weighted by Gasteiger charge is 2.72. The fourth-order valence-corrected chi connectivity index (χ4v) is 11.2. The van der Waals surface area contributed by atoms with E-state index < -0.39 is 5.41 Å². The Balaban J connectivity index is 1.49. The van der Waals surface area contributed by atoms with Crippen LogP contribution in [0.15, 0.2) is 11.6 Å². The van der Waals surface area contributed by atoms with Crippen LogP contribution in [0.5, 0.6) is 0 Å². The molecule has 1 aromatic rings. The van der Waals surface area contributed by atoms with Crippen molar-refractivity contribution in [3.8, 4) is 6.07 Å². The Morgan fingerprint density at radius 1 is 0.949 bits per heavy atom. The Labute approximate surface area is 233 Å². The predicted octanol–water partition coefficient (Wildman–Crippen LogP) is 5.76. The average molecular weight is 532 g/mol. The van der Waals surface area contributed by atoms with Crippen LogP contribution < -0.4 is 0 Å². The van der Waals surface area contributed by atoms with Gasteiger partial charge in [-0.2, -0.15) is 10.1 Å². The number of carbonyl (C=O) groups is 2. The van der Waals surface area contributed by atoms with Gasteiger partial charge in [-0.1, -0.05) is 54.5 Å². The number of fused-ring (bicyclic) bond motifs is 7. The first-order valence-electron chi connectivity index (χ1n) is 15.0. The largest absolute Gasteiger partial charge is 0.299 e. The summed E-state index contributed by atoms with van der Waals surface area (Å²) in [5, 5.41) is 23.5. The second-order valence-corrected chi connectivity index (χ2v) is 15.9. The lowest BCUT2D eigenvalue weighted by Gasteiger charge is -2.71. The molecule has 0 aromatic carbocycles. The number of rotatable bonds is 1. The quantitative estimate of drug-likeness (QED) is 0.456. The maximum atomic E-state index is 14.7. The van der Waals surface area contributed by atoms with Gasteiger partial charge in [0, 0.05) is 23.2 Å². The number of nitriles is 1. The molecule has 39 heavy (non-hydrogen) atoms. The van der Waals surface area contributed by atoms with Gasteiger partial charge in [0.2, 0.25) is 0 Å². The van der Waals surface area contributed by atoms with Crippen molar-refractivity contribution in [3.63, 3.8) is 0 Å². The molecule has 7 heteroatoms. The summed E-state index contributed by atoms with van der Waals surface area (Å²) in [4.78, 5) is 29.5. The summed E-state index contributed by atoms with van der Waals surface area (Å²) >= 11 is 0. The van der Waals surface area contributed by atoms with Crippen molar-refractivity contribution in [1.29, 1.82) is 5.26 Å². The molecule has 0 spiro atoms. The fraction of sp³-hybridized carbons (Fsp3) is 0.812. The first kappa shape index (κ1) is 26.8. The van der Waals surface area contributed by atoms with Crippen LogP contribution in [0, 0.1) is 62.1 Å². The van der Waals surface area contributed by atoms with E-state index in [9.17, 15) is 14.9 Å². The third-order valence-corrected chi connectivity index (χ3v) is 13.4. The lowest BCUT2D eigenvalue weighted by Crippen LogP contribution is -2.69. The third-order valence-electron chi connectivity index (χ3n) is 13.4. The Morgan fingerprint density at radius 3 is 2.28 bits per heavy atom. The molecule has 5 aliphatic carbocycles. The zero-order valence-corrected chi connectivity index (χ0v) is 25.1. The summed E-state index contributed by atoms with van der Waals surface area (Å²) in [5.41, 5.74) is -0.983. The molecule has 0 radical (unpaired) electrons. The van der Waals surface area contributed by atoms with Gasteiger partial charge in [0.1, 0.15) is 11.9 Å². The van der Waals surface area contributed by atoms with Crippen LogP contribution in [0.1, 0.15) is 106 Å². The van der Waals surface area contributed by atoms with E-state index in [0.29, 0.717) is 12.2 Å². The van der Waals surface area contributed by atoms with Crippen molar-refractivity contribution in [2.75, 3.05) is 0 Å². The topological polar surface area (TPSA) is 102 Å². The van der Waals surface area contributed by atoms with Gasteiger partial charge < -0.3 is 0 Å². The number of ketones is 2. The number of tetrazole rings is 1. The average Bonchev–Trinajstić information content (AvgIpc) is 3.29. The van der Waals surface area contributed by atoms with E-state index in [1.165, 1.54) is 0 Å². The molecule has 1 heterocycles. The van der Waals surface area contributed by atoms with Gasteiger partial charge in [-0.15, -0.1) is 10.2 Å². The molecule has 0 saturated heterocycles. The van der Waals surface area contributed by atoms with Crippen molar-refractivity contribution in [2.45, 2.75) is 105 Å². The summed E-state index contributed by atoms with van der Waals surface area (Å²) in [6, 6.07) is 2.23. The number of aryl methyl sites for hydroxylation is 1. The maximum Gasteiger partial charge on any atom is 0.181 e. The molecule has 5 aliphatic rings. The lowest BCUT2D eigenvalue weighted by atomic mass is 9.31. The standard InChI is InChI=1S/C32H45N5O2/c1-27(2)11-13-32(26-34-36-37(8)35-26)14-12-31(7)24(20(32)17-27)21(38)15-23-29(5)16-19(18-33)25(39)28(3,4)22(29)9-10-30(23,31)6/h16,20,22-24H,9-15,17H2,1-8H3/t20?,22?,23?,24?,29-,30+,31+,32-/m0/s1. The van der Waals surface area contributed by atoms with Crippen LogP contribution in [0.3, 0.4) is 0 Å². The van der Waals surface area contributed by atoms with Crippen molar-refractivity contribution in [2.24, 2.45) is 57.8 Å². The molecule has 1 aromatic heterocycles. The number of carbonyl (C=O) groups excluding carboxylic acids is 2. The minimum absolute atomic E-state index is 0.0364. The first-order chi connectivity index (χ1) is 18.1. The second-order valence-electron chi connectivity index (χ2n) is 15.9. The Hall–Kier alpha value is -2.36. The van der Waals surface area contributed by atoms with Crippen molar-refractivity contribution >= 4 is 11.6 Å². The summed E-state index contributed by atoms with van der Waals surface area (Å²) in [6.07, 6.45) is 9.50. The zero-order valence-electron chi connectivity index (χ0n) is 25.1.